The van der Waals surface area contributed by atoms with Crippen molar-refractivity contribution in [3.8, 4) is 23.0 Å². The first-order chi connectivity index (χ1) is 21.0. The fourth-order valence-electron chi connectivity index (χ4n) is 5.55. The van der Waals surface area contributed by atoms with E-state index in [9.17, 15) is 9.90 Å². The van der Waals surface area contributed by atoms with Gasteiger partial charge in [-0.2, -0.15) is 0 Å². The number of hydrogen-bond acceptors (Lipinski definition) is 9. The molecule has 0 amide bonds. The molecule has 8 nitrogen and oxygen atoms in total. The smallest absolute Gasteiger partial charge is 0.337 e. The Hall–Kier alpha value is -4.31. The summed E-state index contributed by atoms with van der Waals surface area (Å²) < 4.78 is 34.6. The quantitative estimate of drug-likeness (QED) is 0.198. The molecule has 3 aromatic carbocycles. The number of benzene rings is 3. The van der Waals surface area contributed by atoms with Crippen molar-refractivity contribution < 1.29 is 38.3 Å². The summed E-state index contributed by atoms with van der Waals surface area (Å²) in [4.78, 5) is 14.5. The fourth-order valence-corrected chi connectivity index (χ4v) is 6.51. The van der Waals surface area contributed by atoms with E-state index in [1.807, 2.05) is 73.0 Å². The lowest BCUT2D eigenvalue weighted by molar-refractivity contribution is -0.145. The van der Waals surface area contributed by atoms with Crippen molar-refractivity contribution in [2.24, 2.45) is 0 Å². The maximum absolute atomic E-state index is 13.8. The van der Waals surface area contributed by atoms with E-state index < -0.39 is 17.7 Å². The van der Waals surface area contributed by atoms with Gasteiger partial charge in [0.1, 0.15) is 17.6 Å². The molecule has 0 spiro atoms. The SMILES string of the molecule is CCCOc1ccc2c(c1)C(O)(C(OCc1ccccc1)c1cc(OC)cs1)C(C(=O)OC)=C2c1ccc2c(c1)OCO2. The predicted molar refractivity (Wildman–Crippen MR) is 162 cm³/mol. The highest BCUT2D eigenvalue weighted by Crippen LogP contribution is 2.57. The fraction of sp³-hybridized carbons (Fsp3) is 0.265. The number of ether oxygens (including phenoxy) is 6. The average molecular weight is 601 g/mol. The summed E-state index contributed by atoms with van der Waals surface area (Å²) in [7, 11) is 2.89. The molecule has 1 N–H and O–H groups in total. The summed E-state index contributed by atoms with van der Waals surface area (Å²) in [5.41, 5.74) is 1.31. The van der Waals surface area contributed by atoms with Crippen LogP contribution in [-0.4, -0.2) is 38.7 Å². The van der Waals surface area contributed by atoms with Gasteiger partial charge in [-0.05, 0) is 53.4 Å². The lowest BCUT2D eigenvalue weighted by Crippen LogP contribution is -2.38. The summed E-state index contributed by atoms with van der Waals surface area (Å²) in [6, 6.07) is 22.5. The number of hydrogen-bond donors (Lipinski definition) is 1. The van der Waals surface area contributed by atoms with E-state index in [-0.39, 0.29) is 19.0 Å². The Bertz CT molecular complexity index is 1660. The Balaban J connectivity index is 1.59. The van der Waals surface area contributed by atoms with E-state index in [2.05, 4.69) is 0 Å². The Kier molecular flexibility index (Phi) is 8.12. The van der Waals surface area contributed by atoms with Gasteiger partial charge in [-0.25, -0.2) is 4.79 Å². The Morgan fingerprint density at radius 2 is 1.81 bits per heavy atom. The number of thiophene rings is 1. The molecule has 0 saturated heterocycles. The molecule has 0 saturated carbocycles. The van der Waals surface area contributed by atoms with Crippen molar-refractivity contribution in [2.45, 2.75) is 31.7 Å². The van der Waals surface area contributed by atoms with E-state index >= 15 is 0 Å². The number of rotatable bonds is 11. The Morgan fingerprint density at radius 3 is 2.56 bits per heavy atom. The molecule has 1 aliphatic heterocycles. The molecule has 0 bridgehead atoms. The van der Waals surface area contributed by atoms with Gasteiger partial charge in [-0.3, -0.25) is 0 Å². The largest absolute Gasteiger partial charge is 0.496 e. The summed E-state index contributed by atoms with van der Waals surface area (Å²) in [6.07, 6.45) is -0.199. The van der Waals surface area contributed by atoms with E-state index in [0.29, 0.717) is 56.7 Å². The van der Waals surface area contributed by atoms with Gasteiger partial charge in [0.2, 0.25) is 6.79 Å². The first kappa shape index (κ1) is 28.8. The van der Waals surface area contributed by atoms with Crippen LogP contribution in [0.3, 0.4) is 0 Å². The van der Waals surface area contributed by atoms with Crippen LogP contribution >= 0.6 is 11.3 Å². The maximum Gasteiger partial charge on any atom is 0.337 e. The van der Waals surface area contributed by atoms with Crippen molar-refractivity contribution in [1.29, 1.82) is 0 Å². The molecule has 6 rings (SSSR count). The van der Waals surface area contributed by atoms with E-state index in [1.165, 1.54) is 18.4 Å². The summed E-state index contributed by atoms with van der Waals surface area (Å²) in [5.74, 6) is 1.67. The van der Waals surface area contributed by atoms with Crippen LogP contribution in [0.1, 0.15) is 46.6 Å². The molecule has 2 aliphatic rings. The molecule has 0 fully saturated rings. The number of methoxy groups -OCH3 is 2. The van der Waals surface area contributed by atoms with Gasteiger partial charge in [0, 0.05) is 21.4 Å². The maximum atomic E-state index is 13.8. The van der Waals surface area contributed by atoms with Crippen LogP contribution in [0, 0.1) is 0 Å². The third-order valence-corrected chi connectivity index (χ3v) is 8.51. The van der Waals surface area contributed by atoms with Crippen LogP contribution in [0.4, 0.5) is 0 Å². The van der Waals surface area contributed by atoms with Gasteiger partial charge in [-0.1, -0.05) is 49.4 Å². The number of aliphatic hydroxyl groups is 1. The third kappa shape index (κ3) is 5.24. The summed E-state index contributed by atoms with van der Waals surface area (Å²) in [5, 5.41) is 15.0. The van der Waals surface area contributed by atoms with Crippen LogP contribution in [-0.2, 0) is 26.5 Å². The van der Waals surface area contributed by atoms with Crippen molar-refractivity contribution in [1.82, 2.24) is 0 Å². The molecule has 2 unspecified atom stereocenters. The topological polar surface area (TPSA) is 92.7 Å². The zero-order valence-corrected chi connectivity index (χ0v) is 24.9. The van der Waals surface area contributed by atoms with E-state index in [0.717, 1.165) is 12.0 Å². The van der Waals surface area contributed by atoms with Crippen LogP contribution in [0.25, 0.3) is 5.57 Å². The van der Waals surface area contributed by atoms with E-state index in [1.54, 1.807) is 19.2 Å². The minimum atomic E-state index is -1.97. The normalized spacial score (nSPS) is 17.5. The van der Waals surface area contributed by atoms with E-state index in [4.69, 9.17) is 28.4 Å². The molecular weight excluding hydrogens is 568 g/mol. The molecule has 43 heavy (non-hydrogen) atoms. The van der Waals surface area contributed by atoms with Gasteiger partial charge < -0.3 is 33.5 Å². The molecule has 222 valence electrons. The lowest BCUT2D eigenvalue weighted by Gasteiger charge is -2.35. The van der Waals surface area contributed by atoms with Crippen molar-refractivity contribution in [2.75, 3.05) is 27.6 Å². The zero-order valence-electron chi connectivity index (χ0n) is 24.1. The minimum absolute atomic E-state index is 0.0573. The predicted octanol–water partition coefficient (Wildman–Crippen LogP) is 6.41. The van der Waals surface area contributed by atoms with Gasteiger partial charge >= 0.3 is 5.97 Å². The van der Waals surface area contributed by atoms with Crippen LogP contribution in [0.2, 0.25) is 0 Å². The number of esters is 1. The molecule has 1 aliphatic carbocycles. The van der Waals surface area contributed by atoms with Gasteiger partial charge in [0.05, 0.1) is 33.0 Å². The first-order valence-electron chi connectivity index (χ1n) is 14.0. The molecule has 1 aromatic heterocycles. The molecule has 2 heterocycles. The van der Waals surface area contributed by atoms with Gasteiger partial charge in [-0.15, -0.1) is 11.3 Å². The monoisotopic (exact) mass is 600 g/mol. The molecular formula is C34H32O8S. The molecule has 9 heteroatoms. The Morgan fingerprint density at radius 1 is 1.00 bits per heavy atom. The first-order valence-corrected chi connectivity index (χ1v) is 14.9. The second-order valence-corrected chi connectivity index (χ2v) is 11.1. The third-order valence-electron chi connectivity index (χ3n) is 7.55. The Labute approximate surface area is 254 Å². The van der Waals surface area contributed by atoms with Gasteiger partial charge in [0.25, 0.3) is 0 Å². The lowest BCUT2D eigenvalue weighted by atomic mass is 9.83. The minimum Gasteiger partial charge on any atom is -0.496 e. The molecule has 0 radical (unpaired) electrons. The van der Waals surface area contributed by atoms with Crippen LogP contribution in [0.15, 0.2) is 83.7 Å². The van der Waals surface area contributed by atoms with Crippen molar-refractivity contribution in [3.05, 3.63) is 111 Å². The second-order valence-electron chi connectivity index (χ2n) is 10.2. The molecule has 4 aromatic rings. The highest BCUT2D eigenvalue weighted by atomic mass is 32.1. The van der Waals surface area contributed by atoms with Crippen LogP contribution < -0.4 is 18.9 Å². The van der Waals surface area contributed by atoms with Crippen molar-refractivity contribution in [3.63, 3.8) is 0 Å². The molecule has 2 atom stereocenters. The highest BCUT2D eigenvalue weighted by molar-refractivity contribution is 7.10. The standard InChI is InChI=1S/C34H32O8S/c1-4-14-39-23-11-12-25-26(16-23)34(36,31(33(35)38-3)30(25)22-10-13-27-28(15-22)42-20-41-27)32(29-17-24(37-2)19-43-29)40-18-21-8-6-5-7-9-21/h5-13,15-17,19,32,36H,4,14,18,20H2,1-3H3. The van der Waals surface area contributed by atoms with Crippen LogP contribution in [0.5, 0.6) is 23.0 Å². The average Bonchev–Trinajstić information content (AvgIpc) is 3.77. The zero-order chi connectivity index (χ0) is 30.0. The summed E-state index contributed by atoms with van der Waals surface area (Å²) >= 11 is 1.38. The number of fused-ring (bicyclic) bond motifs is 2. The second kappa shape index (κ2) is 12.1. The number of carbonyl (C=O) groups excluding carboxylic acids is 1. The number of carbonyl (C=O) groups is 1. The van der Waals surface area contributed by atoms with Gasteiger partial charge in [0.15, 0.2) is 17.1 Å². The highest BCUT2D eigenvalue weighted by Gasteiger charge is 2.55. The van der Waals surface area contributed by atoms with Crippen molar-refractivity contribution >= 4 is 22.9 Å². The summed E-state index contributed by atoms with van der Waals surface area (Å²) in [6.45, 7) is 2.81.